The summed E-state index contributed by atoms with van der Waals surface area (Å²) >= 11 is 0. The van der Waals surface area contributed by atoms with E-state index >= 15 is 0 Å². The molecule has 0 aliphatic heterocycles. The summed E-state index contributed by atoms with van der Waals surface area (Å²) in [6, 6.07) is 9.39. The van der Waals surface area contributed by atoms with E-state index in [1.165, 1.54) is 14.0 Å². The van der Waals surface area contributed by atoms with Crippen molar-refractivity contribution in [1.29, 1.82) is 0 Å². The number of nitrogens with one attached hydrogen (secondary N) is 1. The summed E-state index contributed by atoms with van der Waals surface area (Å²) in [7, 11) is 1.53. The molecule has 0 radical (unpaired) electrons. The monoisotopic (exact) mass is 395 g/mol. The summed E-state index contributed by atoms with van der Waals surface area (Å²) in [5.41, 5.74) is 5.18. The van der Waals surface area contributed by atoms with E-state index < -0.39 is 18.0 Å². The van der Waals surface area contributed by atoms with Crippen molar-refractivity contribution < 1.29 is 23.5 Å². The lowest BCUT2D eigenvalue weighted by Crippen LogP contribution is -2.30. The number of furan rings is 1. The molecule has 152 valence electrons. The first-order valence-electron chi connectivity index (χ1n) is 9.41. The third-order valence-electron chi connectivity index (χ3n) is 4.97. The van der Waals surface area contributed by atoms with Gasteiger partial charge in [-0.3, -0.25) is 9.59 Å². The number of amides is 1. The molecule has 3 rings (SSSR count). The van der Waals surface area contributed by atoms with Gasteiger partial charge >= 0.3 is 5.97 Å². The molecule has 1 amide bonds. The largest absolute Gasteiger partial charge is 0.495 e. The van der Waals surface area contributed by atoms with E-state index in [2.05, 4.69) is 5.32 Å². The predicted molar refractivity (Wildman–Crippen MR) is 111 cm³/mol. The van der Waals surface area contributed by atoms with Crippen molar-refractivity contribution in [3.8, 4) is 5.75 Å². The van der Waals surface area contributed by atoms with E-state index in [-0.39, 0.29) is 6.42 Å². The van der Waals surface area contributed by atoms with Gasteiger partial charge in [0, 0.05) is 10.9 Å². The fourth-order valence-corrected chi connectivity index (χ4v) is 3.13. The number of methoxy groups -OCH3 is 1. The summed E-state index contributed by atoms with van der Waals surface area (Å²) < 4.78 is 16.2. The van der Waals surface area contributed by atoms with Crippen LogP contribution in [0.25, 0.3) is 11.0 Å². The molecule has 0 aliphatic carbocycles. The van der Waals surface area contributed by atoms with Crippen molar-refractivity contribution in [2.24, 2.45) is 0 Å². The maximum Gasteiger partial charge on any atom is 0.311 e. The van der Waals surface area contributed by atoms with E-state index in [1.807, 2.05) is 39.0 Å². The fourth-order valence-electron chi connectivity index (χ4n) is 3.13. The Balaban J connectivity index is 1.66. The quantitative estimate of drug-likeness (QED) is 0.623. The van der Waals surface area contributed by atoms with Gasteiger partial charge < -0.3 is 19.2 Å². The van der Waals surface area contributed by atoms with Gasteiger partial charge in [0.15, 0.2) is 6.10 Å². The number of hydrogen-bond acceptors (Lipinski definition) is 5. The fraction of sp³-hybridized carbons (Fsp3) is 0.304. The number of anilines is 1. The molecule has 2 aromatic carbocycles. The van der Waals surface area contributed by atoms with Gasteiger partial charge in [0.25, 0.3) is 5.91 Å². The van der Waals surface area contributed by atoms with Crippen molar-refractivity contribution in [3.63, 3.8) is 0 Å². The molecule has 0 aliphatic rings. The van der Waals surface area contributed by atoms with Crippen LogP contribution >= 0.6 is 0 Å². The van der Waals surface area contributed by atoms with Crippen LogP contribution < -0.4 is 10.1 Å². The van der Waals surface area contributed by atoms with E-state index in [1.54, 1.807) is 18.4 Å². The van der Waals surface area contributed by atoms with Gasteiger partial charge in [-0.05, 0) is 56.5 Å². The second-order valence-corrected chi connectivity index (χ2v) is 7.15. The van der Waals surface area contributed by atoms with Crippen molar-refractivity contribution in [2.45, 2.75) is 40.2 Å². The van der Waals surface area contributed by atoms with Gasteiger partial charge in [-0.2, -0.15) is 0 Å². The number of carbonyl (C=O) groups is 2. The van der Waals surface area contributed by atoms with E-state index in [0.29, 0.717) is 11.4 Å². The molecule has 0 saturated carbocycles. The van der Waals surface area contributed by atoms with Crippen LogP contribution in [-0.4, -0.2) is 25.1 Å². The number of carbonyl (C=O) groups excluding carboxylic acids is 2. The molecule has 6 nitrogen and oxygen atoms in total. The number of aryl methyl sites for hydroxylation is 3. The van der Waals surface area contributed by atoms with Crippen LogP contribution in [0, 0.1) is 20.8 Å². The van der Waals surface area contributed by atoms with Crippen LogP contribution in [0.4, 0.5) is 5.69 Å². The maximum atomic E-state index is 12.5. The van der Waals surface area contributed by atoms with E-state index in [9.17, 15) is 9.59 Å². The van der Waals surface area contributed by atoms with Gasteiger partial charge in [-0.25, -0.2) is 0 Å². The lowest BCUT2D eigenvalue weighted by molar-refractivity contribution is -0.152. The van der Waals surface area contributed by atoms with Crippen LogP contribution in [-0.2, 0) is 20.7 Å². The predicted octanol–water partition coefficient (Wildman–Crippen LogP) is 4.48. The minimum atomic E-state index is -0.949. The second kappa shape index (κ2) is 8.39. The Kier molecular flexibility index (Phi) is 5.92. The van der Waals surface area contributed by atoms with E-state index in [0.717, 1.165) is 33.2 Å². The Morgan fingerprint density at radius 1 is 1.14 bits per heavy atom. The zero-order chi connectivity index (χ0) is 21.1. The molecule has 1 heterocycles. The Morgan fingerprint density at radius 2 is 1.90 bits per heavy atom. The molecule has 0 saturated heterocycles. The van der Waals surface area contributed by atoms with Gasteiger partial charge in [0.05, 0.1) is 25.5 Å². The summed E-state index contributed by atoms with van der Waals surface area (Å²) in [5, 5.41) is 3.63. The number of fused-ring (bicyclic) bond motifs is 1. The molecule has 1 aromatic heterocycles. The highest BCUT2D eigenvalue weighted by Crippen LogP contribution is 2.27. The van der Waals surface area contributed by atoms with Crippen LogP contribution in [0.3, 0.4) is 0 Å². The number of hydrogen-bond donors (Lipinski definition) is 1. The summed E-state index contributed by atoms with van der Waals surface area (Å²) in [6.45, 7) is 7.44. The average molecular weight is 395 g/mol. The standard InChI is InChI=1S/C23H25NO5/c1-13-6-9-20(27-5)19(10-13)24-23(26)16(4)29-21(25)11-17-12-28-22-15(3)14(2)7-8-18(17)22/h6-10,12,16H,11H2,1-5H3,(H,24,26)/t16-/m1/s1. The molecule has 1 atom stereocenters. The molecular formula is C23H25NO5. The molecule has 3 aromatic rings. The van der Waals surface area contributed by atoms with Crippen molar-refractivity contribution in [1.82, 2.24) is 0 Å². The molecule has 0 unspecified atom stereocenters. The SMILES string of the molecule is COc1ccc(C)cc1NC(=O)[C@@H](C)OC(=O)Cc1coc2c(C)c(C)ccc12. The minimum absolute atomic E-state index is 0.0287. The normalized spacial score (nSPS) is 11.9. The van der Waals surface area contributed by atoms with Crippen LogP contribution in [0.5, 0.6) is 5.75 Å². The molecule has 0 bridgehead atoms. The average Bonchev–Trinajstić information content (AvgIpc) is 3.08. The highest BCUT2D eigenvalue weighted by Gasteiger charge is 2.21. The first kappa shape index (κ1) is 20.5. The van der Waals surface area contributed by atoms with Crippen molar-refractivity contribution in [2.75, 3.05) is 12.4 Å². The first-order valence-corrected chi connectivity index (χ1v) is 9.41. The molecular weight excluding hydrogens is 370 g/mol. The number of rotatable bonds is 6. The molecule has 0 spiro atoms. The highest BCUT2D eigenvalue weighted by molar-refractivity contribution is 5.96. The molecule has 29 heavy (non-hydrogen) atoms. The lowest BCUT2D eigenvalue weighted by Gasteiger charge is -2.15. The zero-order valence-electron chi connectivity index (χ0n) is 17.3. The zero-order valence-corrected chi connectivity index (χ0v) is 17.3. The Labute approximate surface area is 169 Å². The highest BCUT2D eigenvalue weighted by atomic mass is 16.5. The van der Waals surface area contributed by atoms with Crippen molar-refractivity contribution in [3.05, 3.63) is 58.8 Å². The number of esters is 1. The Bertz CT molecular complexity index is 1070. The van der Waals surface area contributed by atoms with E-state index in [4.69, 9.17) is 13.9 Å². The maximum absolute atomic E-state index is 12.5. The Hall–Kier alpha value is -3.28. The van der Waals surface area contributed by atoms with Gasteiger partial charge in [-0.15, -0.1) is 0 Å². The minimum Gasteiger partial charge on any atom is -0.495 e. The van der Waals surface area contributed by atoms with Gasteiger partial charge in [0.2, 0.25) is 0 Å². The second-order valence-electron chi connectivity index (χ2n) is 7.15. The molecule has 1 N–H and O–H groups in total. The third kappa shape index (κ3) is 4.42. The van der Waals surface area contributed by atoms with Crippen LogP contribution in [0.15, 0.2) is 41.0 Å². The topological polar surface area (TPSA) is 77.8 Å². The number of benzene rings is 2. The summed E-state index contributed by atoms with van der Waals surface area (Å²) in [6.07, 6.45) is 0.650. The molecule has 6 heteroatoms. The Morgan fingerprint density at radius 3 is 2.62 bits per heavy atom. The van der Waals surface area contributed by atoms with Gasteiger partial charge in [0.1, 0.15) is 11.3 Å². The van der Waals surface area contributed by atoms with Crippen LogP contribution in [0.1, 0.15) is 29.2 Å². The third-order valence-corrected chi connectivity index (χ3v) is 4.97. The number of ether oxygens (including phenoxy) is 2. The van der Waals surface area contributed by atoms with Crippen LogP contribution in [0.2, 0.25) is 0 Å². The lowest BCUT2D eigenvalue weighted by atomic mass is 10.0. The van der Waals surface area contributed by atoms with Crippen molar-refractivity contribution >= 4 is 28.5 Å². The molecule has 0 fully saturated rings. The summed E-state index contributed by atoms with van der Waals surface area (Å²) in [4.78, 5) is 24.8. The smallest absolute Gasteiger partial charge is 0.311 e. The first-order chi connectivity index (χ1) is 13.8. The van der Waals surface area contributed by atoms with Gasteiger partial charge in [-0.1, -0.05) is 18.2 Å². The summed E-state index contributed by atoms with van der Waals surface area (Å²) in [5.74, 6) is -0.381.